The number of rotatable bonds is 1. The van der Waals surface area contributed by atoms with Gasteiger partial charge in [-0.05, 0) is 12.1 Å². The summed E-state index contributed by atoms with van der Waals surface area (Å²) in [6, 6.07) is 6.74. The topological polar surface area (TPSA) is 23.6 Å². The average Bonchev–Trinajstić information content (AvgIpc) is 2.16. The maximum atomic E-state index is 11.5. The number of halogens is 2. The summed E-state index contributed by atoms with van der Waals surface area (Å²) in [5.41, 5.74) is 0.631. The lowest BCUT2D eigenvalue weighted by Gasteiger charge is -2.20. The Morgan fingerprint density at radius 2 is 1.86 bits per heavy atom. The molecule has 0 fully saturated rings. The molecule has 0 aliphatic carbocycles. The first-order valence-electron chi connectivity index (χ1n) is 3.95. The molecule has 0 aliphatic rings. The molecule has 0 radical (unpaired) electrons. The second-order valence-corrected chi connectivity index (χ2v) is 3.68. The predicted molar refractivity (Wildman–Crippen MR) is 58.9 cm³/mol. The molecule has 5 heteroatoms. The third-order valence-electron chi connectivity index (χ3n) is 1.76. The highest BCUT2D eigenvalue weighted by molar-refractivity contribution is 6.34. The molecule has 1 rings (SSSR count). The monoisotopic (exact) mass is 232 g/mol. The Morgan fingerprint density at radius 3 is 2.36 bits per heavy atom. The lowest BCUT2D eigenvalue weighted by molar-refractivity contribution is 0.236. The molecule has 0 saturated heterocycles. The summed E-state index contributed by atoms with van der Waals surface area (Å²) in [6.07, 6.45) is 0. The molecule has 0 atom stereocenters. The number of amides is 2. The number of nitrogens with zero attached hydrogens (tertiary/aromatic N) is 2. The highest BCUT2D eigenvalue weighted by atomic mass is 35.5. The maximum absolute atomic E-state index is 11.5. The molecule has 0 N–H and O–H groups in total. The molecule has 14 heavy (non-hydrogen) atoms. The second kappa shape index (κ2) is 4.53. The Hall–Kier alpha value is -0.930. The summed E-state index contributed by atoms with van der Waals surface area (Å²) in [7, 11) is 3.08. The van der Waals surface area contributed by atoms with Crippen LogP contribution in [0.1, 0.15) is 0 Å². The Morgan fingerprint density at radius 1 is 1.29 bits per heavy atom. The minimum absolute atomic E-state index is 0.334. The quantitative estimate of drug-likeness (QED) is 0.684. The average molecular weight is 233 g/mol. The number of carbonyl (C=O) groups is 1. The largest absolute Gasteiger partial charge is 0.338 e. The smallest absolute Gasteiger partial charge is 0.295 e. The number of hydrogen-bond donors (Lipinski definition) is 0. The van der Waals surface area contributed by atoms with Crippen molar-refractivity contribution in [1.29, 1.82) is 0 Å². The fourth-order valence-corrected chi connectivity index (χ4v) is 1.41. The number of benzene rings is 1. The summed E-state index contributed by atoms with van der Waals surface area (Å²) in [4.78, 5) is 12.8. The normalized spacial score (nSPS) is 9.71. The lowest BCUT2D eigenvalue weighted by Crippen LogP contribution is -2.33. The van der Waals surface area contributed by atoms with Gasteiger partial charge >= 0.3 is 6.03 Å². The molecule has 0 spiro atoms. The summed E-state index contributed by atoms with van der Waals surface area (Å²) in [5, 5.41) is 0.516. The van der Waals surface area contributed by atoms with E-state index in [-0.39, 0.29) is 6.03 Å². The van der Waals surface area contributed by atoms with Crippen LogP contribution in [0.25, 0.3) is 0 Å². The van der Waals surface area contributed by atoms with Crippen LogP contribution in [0.5, 0.6) is 0 Å². The van der Waals surface area contributed by atoms with Crippen molar-refractivity contribution in [2.45, 2.75) is 0 Å². The minimum Gasteiger partial charge on any atom is -0.295 e. The zero-order chi connectivity index (χ0) is 10.7. The van der Waals surface area contributed by atoms with Gasteiger partial charge in [-0.2, -0.15) is 0 Å². The van der Waals surface area contributed by atoms with E-state index in [0.29, 0.717) is 10.7 Å². The Bertz CT molecular complexity index is 341. The Balaban J connectivity index is 2.95. The zero-order valence-corrected chi connectivity index (χ0v) is 9.38. The van der Waals surface area contributed by atoms with Crippen LogP contribution in [-0.2, 0) is 0 Å². The third kappa shape index (κ3) is 2.30. The van der Waals surface area contributed by atoms with Crippen LogP contribution in [-0.4, -0.2) is 24.5 Å². The highest BCUT2D eigenvalue weighted by Crippen LogP contribution is 2.24. The molecule has 0 heterocycles. The van der Waals surface area contributed by atoms with E-state index >= 15 is 0 Å². The molecule has 0 aromatic heterocycles. The van der Waals surface area contributed by atoms with Crippen molar-refractivity contribution >= 4 is 35.1 Å². The Labute approximate surface area is 92.9 Å². The fraction of sp³-hybridized carbons (Fsp3) is 0.222. The molecule has 76 valence electrons. The van der Waals surface area contributed by atoms with Gasteiger partial charge in [0.05, 0.1) is 10.7 Å². The van der Waals surface area contributed by atoms with Crippen LogP contribution in [0, 0.1) is 0 Å². The Kier molecular flexibility index (Phi) is 3.61. The molecule has 0 unspecified atom stereocenters. The van der Waals surface area contributed by atoms with Gasteiger partial charge < -0.3 is 0 Å². The van der Waals surface area contributed by atoms with E-state index in [2.05, 4.69) is 0 Å². The van der Waals surface area contributed by atoms with Crippen LogP contribution in [0.4, 0.5) is 10.5 Å². The van der Waals surface area contributed by atoms with E-state index in [1.54, 1.807) is 31.3 Å². The van der Waals surface area contributed by atoms with Crippen molar-refractivity contribution in [3.8, 4) is 0 Å². The van der Waals surface area contributed by atoms with Gasteiger partial charge in [0, 0.05) is 25.9 Å². The van der Waals surface area contributed by atoms with Gasteiger partial charge in [-0.3, -0.25) is 4.90 Å². The van der Waals surface area contributed by atoms with Gasteiger partial charge in [0.25, 0.3) is 0 Å². The molecule has 0 aliphatic heterocycles. The van der Waals surface area contributed by atoms with Gasteiger partial charge in [-0.1, -0.05) is 23.7 Å². The molecule has 2 amide bonds. The van der Waals surface area contributed by atoms with Gasteiger partial charge in [0.1, 0.15) is 0 Å². The molecular weight excluding hydrogens is 223 g/mol. The van der Waals surface area contributed by atoms with E-state index < -0.39 is 0 Å². The minimum atomic E-state index is -0.334. The van der Waals surface area contributed by atoms with Crippen molar-refractivity contribution in [2.24, 2.45) is 0 Å². The number of anilines is 1. The molecular formula is C9H10Cl2N2O. The van der Waals surface area contributed by atoms with Crippen molar-refractivity contribution in [3.05, 3.63) is 29.3 Å². The van der Waals surface area contributed by atoms with Crippen LogP contribution < -0.4 is 4.90 Å². The standard InChI is InChI=1S/C9H10Cl2N2O/c1-12(9(14)13(2)11)8-6-4-3-5-7(8)10/h3-6H,1-2H3. The van der Waals surface area contributed by atoms with Crippen LogP contribution in [0.3, 0.4) is 0 Å². The van der Waals surface area contributed by atoms with Crippen molar-refractivity contribution in [3.63, 3.8) is 0 Å². The van der Waals surface area contributed by atoms with Crippen LogP contribution in [0.15, 0.2) is 24.3 Å². The van der Waals surface area contributed by atoms with Gasteiger partial charge in [0.15, 0.2) is 0 Å². The molecule has 1 aromatic carbocycles. The van der Waals surface area contributed by atoms with E-state index in [1.807, 2.05) is 0 Å². The van der Waals surface area contributed by atoms with Crippen LogP contribution >= 0.6 is 23.4 Å². The van der Waals surface area contributed by atoms with E-state index in [4.69, 9.17) is 23.4 Å². The van der Waals surface area contributed by atoms with Crippen molar-refractivity contribution in [1.82, 2.24) is 4.42 Å². The number of urea groups is 1. The summed E-state index contributed by atoms with van der Waals surface area (Å²) >= 11 is 11.4. The van der Waals surface area contributed by atoms with Gasteiger partial charge in [-0.15, -0.1) is 0 Å². The molecule has 3 nitrogen and oxygen atoms in total. The number of hydrogen-bond acceptors (Lipinski definition) is 1. The fourth-order valence-electron chi connectivity index (χ4n) is 1.03. The zero-order valence-electron chi connectivity index (χ0n) is 7.87. The van der Waals surface area contributed by atoms with Crippen LogP contribution in [0.2, 0.25) is 5.02 Å². The van der Waals surface area contributed by atoms with Crippen molar-refractivity contribution < 1.29 is 4.79 Å². The first-order chi connectivity index (χ1) is 6.54. The molecule has 0 bridgehead atoms. The third-order valence-corrected chi connectivity index (χ3v) is 2.23. The summed E-state index contributed by atoms with van der Waals surface area (Å²) in [5.74, 6) is 0. The maximum Gasteiger partial charge on any atom is 0.338 e. The SMILES string of the molecule is CN(Cl)C(=O)N(C)c1ccccc1Cl. The first-order valence-corrected chi connectivity index (χ1v) is 4.67. The van der Waals surface area contributed by atoms with Gasteiger partial charge in [0.2, 0.25) is 0 Å². The van der Waals surface area contributed by atoms with E-state index in [1.165, 1.54) is 11.9 Å². The number of para-hydroxylation sites is 1. The van der Waals surface area contributed by atoms with E-state index in [0.717, 1.165) is 4.42 Å². The summed E-state index contributed by atoms with van der Waals surface area (Å²) < 4.78 is 0.976. The second-order valence-electron chi connectivity index (χ2n) is 2.77. The number of carbonyl (C=O) groups excluding carboxylic acids is 1. The van der Waals surface area contributed by atoms with Gasteiger partial charge in [-0.25, -0.2) is 9.21 Å². The molecule has 1 aromatic rings. The van der Waals surface area contributed by atoms with Crippen molar-refractivity contribution in [2.75, 3.05) is 19.0 Å². The van der Waals surface area contributed by atoms with E-state index in [9.17, 15) is 4.79 Å². The first kappa shape index (κ1) is 11.1. The molecule has 0 saturated carbocycles. The highest BCUT2D eigenvalue weighted by Gasteiger charge is 2.15. The lowest BCUT2D eigenvalue weighted by atomic mass is 10.3. The predicted octanol–water partition coefficient (Wildman–Crippen LogP) is 2.98. The summed E-state index contributed by atoms with van der Waals surface area (Å²) in [6.45, 7) is 0.